The Morgan fingerprint density at radius 3 is 1.27 bits per heavy atom. The molecule has 126 valence electrons. The third-order valence-corrected chi connectivity index (χ3v) is 9.30. The van der Waals surface area contributed by atoms with Crippen molar-refractivity contribution in [3.8, 4) is 0 Å². The van der Waals surface area contributed by atoms with Gasteiger partial charge in [-0.2, -0.15) is 0 Å². The Balaban J connectivity index is 1.66. The van der Waals surface area contributed by atoms with Gasteiger partial charge >= 0.3 is 0 Å². The lowest BCUT2D eigenvalue weighted by Gasteiger charge is -2.40. The third kappa shape index (κ3) is 2.44. The van der Waals surface area contributed by atoms with Crippen molar-refractivity contribution >= 4 is 45.2 Å². The summed E-state index contributed by atoms with van der Waals surface area (Å²) in [5.41, 5.74) is 0.266. The Bertz CT molecular complexity index is 369. The van der Waals surface area contributed by atoms with Crippen LogP contribution < -0.4 is 0 Å². The molecule has 4 fully saturated rings. The van der Waals surface area contributed by atoms with Gasteiger partial charge in [-0.1, -0.05) is 83.7 Å². The van der Waals surface area contributed by atoms with Crippen LogP contribution in [0.5, 0.6) is 0 Å². The second-order valence-corrected chi connectivity index (χ2v) is 9.83. The first-order chi connectivity index (χ1) is 10.6. The van der Waals surface area contributed by atoms with E-state index in [9.17, 15) is 0 Å². The third-order valence-electron chi connectivity index (χ3n) is 6.83. The van der Waals surface area contributed by atoms with E-state index in [1.54, 1.807) is 0 Å². The smallest absolute Gasteiger partial charge is 0.110 e. The quantitative estimate of drug-likeness (QED) is 0.343. The highest BCUT2D eigenvalue weighted by atomic mass is 127. The number of hydrogen-bond acceptors (Lipinski definition) is 2. The number of rotatable bonds is 2. The molecule has 2 saturated carbocycles. The van der Waals surface area contributed by atoms with Gasteiger partial charge in [0.15, 0.2) is 0 Å². The van der Waals surface area contributed by atoms with Crippen molar-refractivity contribution in [2.24, 2.45) is 0 Å². The lowest BCUT2D eigenvalue weighted by atomic mass is 9.75. The van der Waals surface area contributed by atoms with Crippen molar-refractivity contribution in [3.63, 3.8) is 0 Å². The molecule has 4 heteroatoms. The summed E-state index contributed by atoms with van der Waals surface area (Å²) in [6, 6.07) is 0. The molecule has 2 aliphatic heterocycles. The van der Waals surface area contributed by atoms with Crippen molar-refractivity contribution in [1.82, 2.24) is 0 Å². The van der Waals surface area contributed by atoms with Gasteiger partial charge in [0.05, 0.1) is 11.2 Å². The second-order valence-electron chi connectivity index (χ2n) is 8.30. The maximum atomic E-state index is 7.04. The topological polar surface area (TPSA) is 18.5 Å². The molecule has 0 amide bonds. The second kappa shape index (κ2) is 5.97. The van der Waals surface area contributed by atoms with E-state index < -0.39 is 0 Å². The van der Waals surface area contributed by atoms with Gasteiger partial charge in [0.1, 0.15) is 11.2 Å². The minimum atomic E-state index is -0.0105. The first kappa shape index (κ1) is 16.8. The standard InChI is InChI=1S/C18H28I2O2/c19-13-17-11-15(7-3-1-4-8-15)21-18(17,14-20)12-16(22-17)9-5-2-6-10-16/h1-14H2/t17-,18-/m1/s1. The minimum absolute atomic E-state index is 0.0105. The molecule has 4 aliphatic rings. The summed E-state index contributed by atoms with van der Waals surface area (Å²) in [6.07, 6.45) is 15.6. The zero-order chi connectivity index (χ0) is 15.3. The first-order valence-corrected chi connectivity index (χ1v) is 12.2. The summed E-state index contributed by atoms with van der Waals surface area (Å²) in [5, 5.41) is 0. The van der Waals surface area contributed by atoms with E-state index in [0.717, 1.165) is 21.7 Å². The lowest BCUT2D eigenvalue weighted by Crippen LogP contribution is -2.50. The summed E-state index contributed by atoms with van der Waals surface area (Å²) in [4.78, 5) is 0. The van der Waals surface area contributed by atoms with Crippen LogP contribution >= 0.6 is 45.2 Å². The van der Waals surface area contributed by atoms with E-state index in [1.165, 1.54) is 64.2 Å². The van der Waals surface area contributed by atoms with Crippen molar-refractivity contribution in [3.05, 3.63) is 0 Å². The fourth-order valence-electron chi connectivity index (χ4n) is 5.86. The van der Waals surface area contributed by atoms with Crippen molar-refractivity contribution in [2.75, 3.05) is 8.86 Å². The Labute approximate surface area is 162 Å². The molecule has 0 aromatic rings. The molecular weight excluding hydrogens is 502 g/mol. The molecule has 2 aliphatic carbocycles. The summed E-state index contributed by atoms with van der Waals surface area (Å²) >= 11 is 5.16. The van der Waals surface area contributed by atoms with Gasteiger partial charge in [0, 0.05) is 21.7 Å². The molecule has 2 saturated heterocycles. The Kier molecular flexibility index (Phi) is 4.57. The molecule has 2 spiro atoms. The van der Waals surface area contributed by atoms with Gasteiger partial charge in [-0.25, -0.2) is 0 Å². The van der Waals surface area contributed by atoms with Crippen LogP contribution in [-0.4, -0.2) is 31.3 Å². The van der Waals surface area contributed by atoms with Gasteiger partial charge < -0.3 is 9.47 Å². The number of hydrogen-bond donors (Lipinski definition) is 0. The maximum absolute atomic E-state index is 7.04. The van der Waals surface area contributed by atoms with Crippen molar-refractivity contribution in [2.45, 2.75) is 99.5 Å². The van der Waals surface area contributed by atoms with Crippen LogP contribution in [-0.2, 0) is 9.47 Å². The van der Waals surface area contributed by atoms with Crippen LogP contribution in [0.1, 0.15) is 77.0 Å². The summed E-state index contributed by atoms with van der Waals surface area (Å²) in [7, 11) is 0. The molecule has 0 aromatic carbocycles. The van der Waals surface area contributed by atoms with Gasteiger partial charge in [-0.05, 0) is 25.7 Å². The largest absolute Gasteiger partial charge is 0.364 e. The van der Waals surface area contributed by atoms with E-state index in [2.05, 4.69) is 45.2 Å². The molecule has 0 aromatic heterocycles. The SMILES string of the molecule is IC[C@]12CC3(CCCCC3)O[C@@]1(CI)CC1(CCCCC1)O2. The van der Waals surface area contributed by atoms with Crippen LogP contribution in [0, 0.1) is 0 Å². The molecule has 2 nitrogen and oxygen atoms in total. The Morgan fingerprint density at radius 2 is 0.955 bits per heavy atom. The number of ether oxygens (including phenoxy) is 2. The van der Waals surface area contributed by atoms with Gasteiger partial charge in [-0.3, -0.25) is 0 Å². The minimum Gasteiger partial charge on any atom is -0.364 e. The van der Waals surface area contributed by atoms with Crippen LogP contribution in [0.2, 0.25) is 0 Å². The number of fused-ring (bicyclic) bond motifs is 1. The predicted octanol–water partition coefficient (Wildman–Crippen LogP) is 5.58. The van der Waals surface area contributed by atoms with Gasteiger partial charge in [0.25, 0.3) is 0 Å². The monoisotopic (exact) mass is 530 g/mol. The van der Waals surface area contributed by atoms with E-state index in [4.69, 9.17) is 9.47 Å². The van der Waals surface area contributed by atoms with E-state index in [0.29, 0.717) is 0 Å². The fourth-order valence-corrected chi connectivity index (χ4v) is 8.11. The Hall–Kier alpha value is 1.38. The number of alkyl halides is 2. The van der Waals surface area contributed by atoms with Crippen molar-refractivity contribution in [1.29, 1.82) is 0 Å². The molecule has 0 bridgehead atoms. The van der Waals surface area contributed by atoms with Crippen LogP contribution in [0.15, 0.2) is 0 Å². The van der Waals surface area contributed by atoms with Gasteiger partial charge in [0.2, 0.25) is 0 Å². The van der Waals surface area contributed by atoms with Crippen LogP contribution in [0.4, 0.5) is 0 Å². The van der Waals surface area contributed by atoms with E-state index in [1.807, 2.05) is 0 Å². The number of halogens is 2. The summed E-state index contributed by atoms with van der Waals surface area (Å²) in [6.45, 7) is 0. The highest BCUT2D eigenvalue weighted by Crippen LogP contribution is 2.64. The molecule has 2 heterocycles. The van der Waals surface area contributed by atoms with E-state index in [-0.39, 0.29) is 22.4 Å². The highest BCUT2D eigenvalue weighted by molar-refractivity contribution is 14.1. The zero-order valence-electron chi connectivity index (χ0n) is 13.5. The molecule has 22 heavy (non-hydrogen) atoms. The summed E-state index contributed by atoms with van der Waals surface area (Å²) < 4.78 is 16.3. The normalized spacial score (nSPS) is 42.8. The Morgan fingerprint density at radius 1 is 0.591 bits per heavy atom. The first-order valence-electron chi connectivity index (χ1n) is 9.14. The van der Waals surface area contributed by atoms with Crippen molar-refractivity contribution < 1.29 is 9.47 Å². The van der Waals surface area contributed by atoms with Crippen LogP contribution in [0.3, 0.4) is 0 Å². The fraction of sp³-hybridized carbons (Fsp3) is 1.00. The average Bonchev–Trinajstić information content (AvgIpc) is 2.92. The highest BCUT2D eigenvalue weighted by Gasteiger charge is 2.72. The van der Waals surface area contributed by atoms with Crippen LogP contribution in [0.25, 0.3) is 0 Å². The maximum Gasteiger partial charge on any atom is 0.110 e. The predicted molar refractivity (Wildman–Crippen MR) is 106 cm³/mol. The molecule has 0 unspecified atom stereocenters. The molecule has 2 atom stereocenters. The molecule has 0 N–H and O–H groups in total. The molecular formula is C18H28I2O2. The van der Waals surface area contributed by atoms with Gasteiger partial charge in [-0.15, -0.1) is 0 Å². The molecule has 4 rings (SSSR count). The van der Waals surface area contributed by atoms with E-state index >= 15 is 0 Å². The molecule has 0 radical (unpaired) electrons. The lowest BCUT2D eigenvalue weighted by molar-refractivity contribution is -0.122. The zero-order valence-corrected chi connectivity index (χ0v) is 17.8. The average molecular weight is 530 g/mol. The summed E-state index contributed by atoms with van der Waals surface area (Å²) in [5.74, 6) is 0.